The molecule has 0 spiro atoms. The fourth-order valence-electron chi connectivity index (χ4n) is 4.94. The molecule has 0 aromatic carbocycles. The molecule has 0 amide bonds. The minimum absolute atomic E-state index is 0.0613. The number of piperidine rings is 1. The van der Waals surface area contributed by atoms with E-state index in [9.17, 15) is 0 Å². The minimum atomic E-state index is 0.0613. The van der Waals surface area contributed by atoms with Gasteiger partial charge >= 0.3 is 0 Å². The number of rotatable bonds is 7. The minimum Gasteiger partial charge on any atom is -0.481 e. The van der Waals surface area contributed by atoms with Crippen molar-refractivity contribution < 1.29 is 4.74 Å². The molecule has 7 heteroatoms. The zero-order chi connectivity index (χ0) is 23.4. The number of hydrogen-bond acceptors (Lipinski definition) is 6. The number of hydrazine groups is 1. The summed E-state index contributed by atoms with van der Waals surface area (Å²) in [6.07, 6.45) is 20.8. The molecule has 1 aromatic rings. The topological polar surface area (TPSA) is 66.4 Å². The van der Waals surface area contributed by atoms with Crippen LogP contribution >= 0.6 is 0 Å². The molecule has 2 fully saturated rings. The van der Waals surface area contributed by atoms with Crippen LogP contribution in [-0.4, -0.2) is 46.6 Å². The predicted octanol–water partition coefficient (Wildman–Crippen LogP) is 3.82. The summed E-state index contributed by atoms with van der Waals surface area (Å²) in [5.41, 5.74) is 8.56. The molecule has 0 aliphatic carbocycles. The third-order valence-corrected chi connectivity index (χ3v) is 6.75. The maximum atomic E-state index is 5.63. The average molecular weight is 451 g/mol. The standard InChI is InChI=1S/C26H38N6O/c1-6-9-21(18(3)7-2)22-10-8-15-32-25(22)29-24(30-32)14-12-20-11-13-23(26(28-20)33-5)31-16-19(4)27-17-31/h6,9,11-14,16-17,20,22,24-25,28-30H,7-8,10,15H2,1-5H3/b9-6-,14-12+,21-18+/t20?,22-,24?,25-/m0/s1. The number of nitrogens with zero attached hydrogens (tertiary/aromatic N) is 3. The van der Waals surface area contributed by atoms with Crippen molar-refractivity contribution in [1.29, 1.82) is 0 Å². The highest BCUT2D eigenvalue weighted by atomic mass is 16.5. The van der Waals surface area contributed by atoms with Gasteiger partial charge < -0.3 is 14.6 Å². The average Bonchev–Trinajstić information content (AvgIpc) is 3.46. The predicted molar refractivity (Wildman–Crippen MR) is 133 cm³/mol. The number of methoxy groups -OCH3 is 1. The lowest BCUT2D eigenvalue weighted by atomic mass is 9.84. The fraction of sp³-hybridized carbons (Fsp3) is 0.500. The number of dihydropyridines is 1. The van der Waals surface area contributed by atoms with E-state index in [0.717, 1.165) is 30.2 Å². The molecule has 2 saturated heterocycles. The van der Waals surface area contributed by atoms with Crippen molar-refractivity contribution in [2.24, 2.45) is 5.92 Å². The molecule has 3 N–H and O–H groups in total. The van der Waals surface area contributed by atoms with Crippen LogP contribution in [0.1, 0.15) is 45.7 Å². The molecular weight excluding hydrogens is 412 g/mol. The first-order valence-corrected chi connectivity index (χ1v) is 12.1. The van der Waals surface area contributed by atoms with Crippen molar-refractivity contribution in [1.82, 2.24) is 30.6 Å². The van der Waals surface area contributed by atoms with Gasteiger partial charge in [-0.25, -0.2) is 15.4 Å². The van der Waals surface area contributed by atoms with Crippen molar-refractivity contribution in [3.8, 4) is 0 Å². The van der Waals surface area contributed by atoms with E-state index in [1.807, 2.05) is 24.0 Å². The van der Waals surface area contributed by atoms with Gasteiger partial charge in [-0.15, -0.1) is 0 Å². The lowest BCUT2D eigenvalue weighted by Gasteiger charge is -2.37. The molecule has 4 rings (SSSR count). The normalized spacial score (nSPS) is 29.0. The molecule has 2 unspecified atom stereocenters. The van der Waals surface area contributed by atoms with Crippen molar-refractivity contribution in [2.75, 3.05) is 13.7 Å². The maximum Gasteiger partial charge on any atom is 0.212 e. The van der Waals surface area contributed by atoms with E-state index in [-0.39, 0.29) is 12.2 Å². The van der Waals surface area contributed by atoms with Crippen LogP contribution in [0.3, 0.4) is 0 Å². The Balaban J connectivity index is 1.43. The summed E-state index contributed by atoms with van der Waals surface area (Å²) in [4.78, 5) is 4.32. The Labute approximate surface area is 197 Å². The number of aromatic nitrogens is 2. The summed E-state index contributed by atoms with van der Waals surface area (Å²) < 4.78 is 7.60. The lowest BCUT2D eigenvalue weighted by Crippen LogP contribution is -2.49. The van der Waals surface area contributed by atoms with Crippen LogP contribution in [0.4, 0.5) is 0 Å². The van der Waals surface area contributed by atoms with Crippen molar-refractivity contribution in [3.63, 3.8) is 0 Å². The van der Waals surface area contributed by atoms with Gasteiger partial charge in [-0.1, -0.05) is 42.9 Å². The molecule has 4 atom stereocenters. The molecule has 3 aliphatic rings. The molecule has 0 saturated carbocycles. The van der Waals surface area contributed by atoms with Crippen LogP contribution in [0.5, 0.6) is 0 Å². The van der Waals surface area contributed by atoms with E-state index >= 15 is 0 Å². The van der Waals surface area contributed by atoms with E-state index in [1.54, 1.807) is 7.11 Å². The quantitative estimate of drug-likeness (QED) is 0.434. The number of imidazole rings is 1. The van der Waals surface area contributed by atoms with Gasteiger partial charge in [0.2, 0.25) is 5.88 Å². The van der Waals surface area contributed by atoms with Crippen LogP contribution < -0.4 is 16.1 Å². The van der Waals surface area contributed by atoms with Gasteiger partial charge in [-0.3, -0.25) is 5.32 Å². The summed E-state index contributed by atoms with van der Waals surface area (Å²) in [7, 11) is 1.69. The highest BCUT2D eigenvalue weighted by molar-refractivity contribution is 5.61. The van der Waals surface area contributed by atoms with Gasteiger partial charge in [0.15, 0.2) is 0 Å². The molecule has 178 valence electrons. The van der Waals surface area contributed by atoms with Crippen molar-refractivity contribution in [3.05, 3.63) is 71.7 Å². The Hall–Kier alpha value is -2.61. The maximum absolute atomic E-state index is 5.63. The van der Waals surface area contributed by atoms with Crippen LogP contribution in [0.25, 0.3) is 5.70 Å². The highest BCUT2D eigenvalue weighted by Crippen LogP contribution is 2.33. The van der Waals surface area contributed by atoms with E-state index in [2.05, 4.69) is 83.3 Å². The SMILES string of the molecule is C/C=C\C(=C(\C)CC)[C@@H]1CCCN2NC(/C=C/C3C=CC(n4cnc(C)c4)=C(OC)N3)N[C@H]12. The summed E-state index contributed by atoms with van der Waals surface area (Å²) in [5.74, 6) is 1.24. The highest BCUT2D eigenvalue weighted by Gasteiger charge is 2.39. The van der Waals surface area contributed by atoms with Crippen LogP contribution in [-0.2, 0) is 4.74 Å². The molecule has 33 heavy (non-hydrogen) atoms. The first kappa shape index (κ1) is 23.5. The van der Waals surface area contributed by atoms with Gasteiger partial charge in [0.1, 0.15) is 5.70 Å². The van der Waals surface area contributed by atoms with Gasteiger partial charge in [0.05, 0.1) is 37.5 Å². The number of nitrogens with one attached hydrogen (secondary N) is 3. The van der Waals surface area contributed by atoms with Gasteiger partial charge in [-0.05, 0) is 51.7 Å². The number of ether oxygens (including phenoxy) is 1. The van der Waals surface area contributed by atoms with Crippen molar-refractivity contribution >= 4 is 5.70 Å². The van der Waals surface area contributed by atoms with E-state index < -0.39 is 0 Å². The summed E-state index contributed by atoms with van der Waals surface area (Å²) in [6, 6.07) is 0.0613. The number of fused-ring (bicyclic) bond motifs is 1. The zero-order valence-electron chi connectivity index (χ0n) is 20.5. The molecule has 7 nitrogen and oxygen atoms in total. The molecule has 3 aliphatic heterocycles. The first-order chi connectivity index (χ1) is 16.0. The lowest BCUT2D eigenvalue weighted by molar-refractivity contribution is 0.0992. The third kappa shape index (κ3) is 5.16. The van der Waals surface area contributed by atoms with Crippen LogP contribution in [0, 0.1) is 12.8 Å². The summed E-state index contributed by atoms with van der Waals surface area (Å²) in [6.45, 7) is 9.68. The summed E-state index contributed by atoms with van der Waals surface area (Å²) >= 11 is 0. The van der Waals surface area contributed by atoms with E-state index in [4.69, 9.17) is 4.74 Å². The Morgan fingerprint density at radius 2 is 2.18 bits per heavy atom. The number of allylic oxidation sites excluding steroid dienone is 5. The molecule has 1 aromatic heterocycles. The Morgan fingerprint density at radius 3 is 2.88 bits per heavy atom. The van der Waals surface area contributed by atoms with Gasteiger partial charge in [0, 0.05) is 18.7 Å². The molecular formula is C26H38N6O. The summed E-state index contributed by atoms with van der Waals surface area (Å²) in [5, 5.41) is 9.67. The van der Waals surface area contributed by atoms with E-state index in [0.29, 0.717) is 12.1 Å². The fourth-order valence-corrected chi connectivity index (χ4v) is 4.94. The number of hydrogen-bond donors (Lipinski definition) is 3. The van der Waals surface area contributed by atoms with E-state index in [1.165, 1.54) is 24.0 Å². The second-order valence-electron chi connectivity index (χ2n) is 9.00. The number of aryl methyl sites for hydroxylation is 1. The smallest absolute Gasteiger partial charge is 0.212 e. The van der Waals surface area contributed by atoms with Gasteiger partial charge in [-0.2, -0.15) is 0 Å². The Bertz CT molecular complexity index is 985. The molecule has 4 heterocycles. The van der Waals surface area contributed by atoms with Crippen LogP contribution in [0.2, 0.25) is 0 Å². The van der Waals surface area contributed by atoms with Crippen molar-refractivity contribution in [2.45, 2.75) is 65.3 Å². The molecule has 0 bridgehead atoms. The van der Waals surface area contributed by atoms with Gasteiger partial charge in [0.25, 0.3) is 0 Å². The second kappa shape index (κ2) is 10.5. The zero-order valence-corrected chi connectivity index (χ0v) is 20.5. The third-order valence-electron chi connectivity index (χ3n) is 6.75. The largest absolute Gasteiger partial charge is 0.481 e. The Kier molecular flexibility index (Phi) is 7.53. The van der Waals surface area contributed by atoms with Crippen LogP contribution in [0.15, 0.2) is 66.0 Å². The second-order valence-corrected chi connectivity index (χ2v) is 9.00. The monoisotopic (exact) mass is 450 g/mol. The first-order valence-electron chi connectivity index (χ1n) is 12.1. The molecule has 0 radical (unpaired) electrons. The Morgan fingerprint density at radius 1 is 1.33 bits per heavy atom.